The zero-order valence-corrected chi connectivity index (χ0v) is 13.8. The van der Waals surface area contributed by atoms with Gasteiger partial charge in [-0.3, -0.25) is 0 Å². The van der Waals surface area contributed by atoms with Crippen molar-refractivity contribution in [2.45, 2.75) is 38.3 Å². The van der Waals surface area contributed by atoms with Gasteiger partial charge in [0.05, 0.1) is 17.2 Å². The molecular weight excluding hydrogens is 334 g/mol. The number of halogens is 1. The third kappa shape index (κ3) is 4.11. The van der Waals surface area contributed by atoms with E-state index in [0.717, 1.165) is 35.7 Å². The lowest BCUT2D eigenvalue weighted by Crippen LogP contribution is -2.22. The standard InChI is InChI=1S/C16H22BrNO3/c17-14-9-12(10-15-16(14)21-8-7-20-15)11-18-5-6-19-13-3-1-2-4-13/h9-10,13,18H,1-8,11H2. The number of rotatable bonds is 6. The molecule has 1 aromatic carbocycles. The van der Waals surface area contributed by atoms with Crippen LogP contribution in [-0.4, -0.2) is 32.5 Å². The second-order valence-electron chi connectivity index (χ2n) is 5.56. The fourth-order valence-electron chi connectivity index (χ4n) is 2.85. The predicted octanol–water partition coefficient (Wildman–Crippen LogP) is 3.27. The van der Waals surface area contributed by atoms with Crippen molar-refractivity contribution >= 4 is 15.9 Å². The third-order valence-corrected chi connectivity index (χ3v) is 4.51. The Morgan fingerprint density at radius 2 is 2.00 bits per heavy atom. The van der Waals surface area contributed by atoms with E-state index in [1.54, 1.807) is 0 Å². The summed E-state index contributed by atoms with van der Waals surface area (Å²) in [6.07, 6.45) is 5.60. The molecule has 0 saturated heterocycles. The molecule has 1 saturated carbocycles. The molecule has 0 aromatic heterocycles. The molecule has 116 valence electrons. The van der Waals surface area contributed by atoms with E-state index in [2.05, 4.69) is 27.3 Å². The minimum Gasteiger partial charge on any atom is -0.486 e. The molecule has 1 heterocycles. The summed E-state index contributed by atoms with van der Waals surface area (Å²) >= 11 is 3.54. The van der Waals surface area contributed by atoms with Crippen LogP contribution in [0.25, 0.3) is 0 Å². The summed E-state index contributed by atoms with van der Waals surface area (Å²) in [6.45, 7) is 3.70. The van der Waals surface area contributed by atoms with Gasteiger partial charge in [-0.25, -0.2) is 0 Å². The minimum absolute atomic E-state index is 0.496. The van der Waals surface area contributed by atoms with Crippen molar-refractivity contribution in [3.05, 3.63) is 22.2 Å². The Bertz CT molecular complexity index is 475. The van der Waals surface area contributed by atoms with Gasteiger partial charge in [0, 0.05) is 13.1 Å². The average Bonchev–Trinajstić information content (AvgIpc) is 3.00. The Morgan fingerprint density at radius 3 is 2.86 bits per heavy atom. The fourth-order valence-corrected chi connectivity index (χ4v) is 3.46. The zero-order valence-electron chi connectivity index (χ0n) is 12.2. The van der Waals surface area contributed by atoms with E-state index in [1.807, 2.05) is 6.07 Å². The molecule has 3 rings (SSSR count). The van der Waals surface area contributed by atoms with E-state index in [1.165, 1.54) is 31.2 Å². The Kier molecular flexibility index (Phi) is 5.38. The van der Waals surface area contributed by atoms with Gasteiger partial charge in [0.2, 0.25) is 0 Å². The van der Waals surface area contributed by atoms with Gasteiger partial charge in [0.1, 0.15) is 13.2 Å². The lowest BCUT2D eigenvalue weighted by Gasteiger charge is -2.20. The van der Waals surface area contributed by atoms with Gasteiger partial charge in [-0.2, -0.15) is 0 Å². The summed E-state index contributed by atoms with van der Waals surface area (Å²) in [6, 6.07) is 4.13. The van der Waals surface area contributed by atoms with Crippen molar-refractivity contribution in [2.24, 2.45) is 0 Å². The van der Waals surface area contributed by atoms with Crippen LogP contribution in [0.4, 0.5) is 0 Å². The first-order chi connectivity index (χ1) is 10.3. The maximum atomic E-state index is 5.84. The molecule has 0 unspecified atom stereocenters. The van der Waals surface area contributed by atoms with E-state index in [4.69, 9.17) is 14.2 Å². The Labute approximate surface area is 134 Å². The molecule has 0 atom stereocenters. The van der Waals surface area contributed by atoms with Crippen molar-refractivity contribution in [3.63, 3.8) is 0 Å². The third-order valence-electron chi connectivity index (χ3n) is 3.92. The molecule has 4 nitrogen and oxygen atoms in total. The largest absolute Gasteiger partial charge is 0.486 e. The maximum Gasteiger partial charge on any atom is 0.175 e. The first-order valence-electron chi connectivity index (χ1n) is 7.73. The van der Waals surface area contributed by atoms with Crippen LogP contribution in [0.1, 0.15) is 31.2 Å². The van der Waals surface area contributed by atoms with Crippen LogP contribution in [-0.2, 0) is 11.3 Å². The van der Waals surface area contributed by atoms with Crippen LogP contribution in [0.2, 0.25) is 0 Å². The number of nitrogens with one attached hydrogen (secondary N) is 1. The highest BCUT2D eigenvalue weighted by Gasteiger charge is 2.16. The summed E-state index contributed by atoms with van der Waals surface area (Å²) < 4.78 is 18.0. The normalized spacial score (nSPS) is 18.1. The number of benzene rings is 1. The lowest BCUT2D eigenvalue weighted by atomic mass is 10.2. The van der Waals surface area contributed by atoms with Gasteiger partial charge >= 0.3 is 0 Å². The first kappa shape index (κ1) is 15.1. The summed E-state index contributed by atoms with van der Waals surface area (Å²) in [5.41, 5.74) is 1.19. The Balaban J connectivity index is 1.43. The summed E-state index contributed by atoms with van der Waals surface area (Å²) in [5.74, 6) is 1.64. The Hall–Kier alpha value is -0.780. The van der Waals surface area contributed by atoms with E-state index in [9.17, 15) is 0 Å². The van der Waals surface area contributed by atoms with Crippen LogP contribution < -0.4 is 14.8 Å². The highest BCUT2D eigenvalue weighted by molar-refractivity contribution is 9.10. The van der Waals surface area contributed by atoms with Gasteiger partial charge in [-0.1, -0.05) is 12.8 Å². The topological polar surface area (TPSA) is 39.7 Å². The summed E-state index contributed by atoms with van der Waals surface area (Å²) in [4.78, 5) is 0. The molecule has 1 aromatic rings. The molecule has 1 aliphatic heterocycles. The first-order valence-corrected chi connectivity index (χ1v) is 8.52. The molecule has 0 amide bonds. The molecular formula is C16H22BrNO3. The van der Waals surface area contributed by atoms with E-state index in [0.29, 0.717) is 19.3 Å². The fraction of sp³-hybridized carbons (Fsp3) is 0.625. The van der Waals surface area contributed by atoms with Crippen molar-refractivity contribution < 1.29 is 14.2 Å². The lowest BCUT2D eigenvalue weighted by molar-refractivity contribution is 0.0602. The molecule has 1 fully saturated rings. The predicted molar refractivity (Wildman–Crippen MR) is 85.0 cm³/mol. The van der Waals surface area contributed by atoms with Crippen molar-refractivity contribution in [1.29, 1.82) is 0 Å². The van der Waals surface area contributed by atoms with Crippen LogP contribution in [0.15, 0.2) is 16.6 Å². The molecule has 0 radical (unpaired) electrons. The van der Waals surface area contributed by atoms with Crippen molar-refractivity contribution in [1.82, 2.24) is 5.32 Å². The average molecular weight is 356 g/mol. The minimum atomic E-state index is 0.496. The summed E-state index contributed by atoms with van der Waals surface area (Å²) in [7, 11) is 0. The van der Waals surface area contributed by atoms with Crippen LogP contribution in [0.5, 0.6) is 11.5 Å². The number of ether oxygens (including phenoxy) is 3. The number of fused-ring (bicyclic) bond motifs is 1. The monoisotopic (exact) mass is 355 g/mol. The van der Waals surface area contributed by atoms with Gasteiger partial charge < -0.3 is 19.5 Å². The SMILES string of the molecule is Brc1cc(CNCCOC2CCCC2)cc2c1OCCO2. The smallest absolute Gasteiger partial charge is 0.175 e. The quantitative estimate of drug-likeness (QED) is 0.795. The van der Waals surface area contributed by atoms with E-state index >= 15 is 0 Å². The highest BCUT2D eigenvalue weighted by atomic mass is 79.9. The second-order valence-corrected chi connectivity index (χ2v) is 6.41. The number of hydrogen-bond acceptors (Lipinski definition) is 4. The van der Waals surface area contributed by atoms with E-state index in [-0.39, 0.29) is 0 Å². The van der Waals surface area contributed by atoms with Gasteiger partial charge in [0.15, 0.2) is 11.5 Å². The van der Waals surface area contributed by atoms with Gasteiger partial charge in [-0.05, 0) is 46.5 Å². The maximum absolute atomic E-state index is 5.84. The van der Waals surface area contributed by atoms with Crippen LogP contribution >= 0.6 is 15.9 Å². The van der Waals surface area contributed by atoms with Crippen LogP contribution in [0, 0.1) is 0 Å². The van der Waals surface area contributed by atoms with Gasteiger partial charge in [0.25, 0.3) is 0 Å². The second kappa shape index (κ2) is 7.47. The van der Waals surface area contributed by atoms with Crippen molar-refractivity contribution in [3.8, 4) is 11.5 Å². The highest BCUT2D eigenvalue weighted by Crippen LogP contribution is 2.38. The molecule has 0 spiro atoms. The number of hydrogen-bond donors (Lipinski definition) is 1. The molecule has 1 N–H and O–H groups in total. The van der Waals surface area contributed by atoms with Crippen molar-refractivity contribution in [2.75, 3.05) is 26.4 Å². The molecule has 1 aliphatic carbocycles. The zero-order chi connectivity index (χ0) is 14.5. The molecule has 21 heavy (non-hydrogen) atoms. The Morgan fingerprint density at radius 1 is 1.19 bits per heavy atom. The molecule has 2 aliphatic rings. The summed E-state index contributed by atoms with van der Waals surface area (Å²) in [5, 5.41) is 3.42. The molecule has 5 heteroatoms. The molecule has 0 bridgehead atoms. The van der Waals surface area contributed by atoms with Crippen LogP contribution in [0.3, 0.4) is 0 Å². The van der Waals surface area contributed by atoms with E-state index < -0.39 is 0 Å². The van der Waals surface area contributed by atoms with Gasteiger partial charge in [-0.15, -0.1) is 0 Å².